The van der Waals surface area contributed by atoms with Gasteiger partial charge in [0.05, 0.1) is 10.7 Å². The predicted molar refractivity (Wildman–Crippen MR) is 103 cm³/mol. The molecule has 1 aromatic carbocycles. The minimum absolute atomic E-state index is 0.0132. The molecule has 1 aromatic heterocycles. The lowest BCUT2D eigenvalue weighted by atomic mass is 10.1. The third kappa shape index (κ3) is 4.47. The Morgan fingerprint density at radius 1 is 1.26 bits per heavy atom. The van der Waals surface area contributed by atoms with Crippen molar-refractivity contribution in [3.63, 3.8) is 0 Å². The number of nitrogens with zero attached hydrogens (tertiary/aromatic N) is 3. The van der Waals surface area contributed by atoms with Crippen LogP contribution >= 0.6 is 11.6 Å². The van der Waals surface area contributed by atoms with Gasteiger partial charge in [0.15, 0.2) is 0 Å². The van der Waals surface area contributed by atoms with Crippen molar-refractivity contribution < 1.29 is 9.18 Å². The quantitative estimate of drug-likeness (QED) is 0.867. The monoisotopic (exact) mass is 392 g/mol. The molecule has 1 fully saturated rings. The number of H-pyrrole nitrogens is 1. The molecule has 27 heavy (non-hydrogen) atoms. The van der Waals surface area contributed by atoms with Crippen LogP contribution in [-0.2, 0) is 11.2 Å². The van der Waals surface area contributed by atoms with E-state index in [1.807, 2.05) is 4.90 Å². The molecular formula is C19H22ClFN4O2. The van der Waals surface area contributed by atoms with Gasteiger partial charge in [-0.05, 0) is 38.5 Å². The zero-order chi connectivity index (χ0) is 19.6. The highest BCUT2D eigenvalue weighted by Gasteiger charge is 2.23. The average molecular weight is 393 g/mol. The second-order valence-corrected chi connectivity index (χ2v) is 7.09. The van der Waals surface area contributed by atoms with Crippen molar-refractivity contribution in [3.8, 4) is 0 Å². The largest absolute Gasteiger partial charge is 0.367 e. The number of nitrogens with one attached hydrogen (secondary N) is 1. The molecule has 0 radical (unpaired) electrons. The van der Waals surface area contributed by atoms with Gasteiger partial charge in [-0.1, -0.05) is 11.6 Å². The van der Waals surface area contributed by atoms with Crippen molar-refractivity contribution in [2.24, 2.45) is 0 Å². The summed E-state index contributed by atoms with van der Waals surface area (Å²) in [6, 6.07) is 4.34. The van der Waals surface area contributed by atoms with Crippen LogP contribution in [0.4, 0.5) is 10.1 Å². The summed E-state index contributed by atoms with van der Waals surface area (Å²) in [7, 11) is 0. The summed E-state index contributed by atoms with van der Waals surface area (Å²) in [5.41, 5.74) is 1.83. The van der Waals surface area contributed by atoms with Gasteiger partial charge in [0, 0.05) is 43.9 Å². The maximum absolute atomic E-state index is 13.2. The Kier molecular flexibility index (Phi) is 5.79. The van der Waals surface area contributed by atoms with E-state index in [9.17, 15) is 14.0 Å². The van der Waals surface area contributed by atoms with Crippen LogP contribution in [0.3, 0.4) is 0 Å². The summed E-state index contributed by atoms with van der Waals surface area (Å²) in [6.07, 6.45) is 0.642. The number of benzene rings is 1. The minimum atomic E-state index is -0.367. The molecule has 144 valence electrons. The normalized spacial score (nSPS) is 14.5. The first-order valence-electron chi connectivity index (χ1n) is 8.89. The number of anilines is 1. The average Bonchev–Trinajstić information content (AvgIpc) is 2.61. The van der Waals surface area contributed by atoms with E-state index in [0.717, 1.165) is 5.69 Å². The number of rotatable bonds is 4. The van der Waals surface area contributed by atoms with Crippen molar-refractivity contribution in [3.05, 3.63) is 56.5 Å². The van der Waals surface area contributed by atoms with Crippen molar-refractivity contribution in [1.82, 2.24) is 14.9 Å². The Hall–Kier alpha value is -2.41. The molecular weight excluding hydrogens is 371 g/mol. The van der Waals surface area contributed by atoms with Crippen molar-refractivity contribution >= 4 is 23.2 Å². The fourth-order valence-corrected chi connectivity index (χ4v) is 3.66. The smallest absolute Gasteiger partial charge is 0.254 e. The summed E-state index contributed by atoms with van der Waals surface area (Å²) in [5.74, 6) is 0.218. The van der Waals surface area contributed by atoms with Gasteiger partial charge in [0.2, 0.25) is 5.91 Å². The first kappa shape index (κ1) is 19.4. The number of aromatic amines is 1. The minimum Gasteiger partial charge on any atom is -0.367 e. The maximum atomic E-state index is 13.2. The van der Waals surface area contributed by atoms with Gasteiger partial charge < -0.3 is 14.8 Å². The van der Waals surface area contributed by atoms with Gasteiger partial charge in [0.1, 0.15) is 11.6 Å². The van der Waals surface area contributed by atoms with Gasteiger partial charge in [0.25, 0.3) is 5.56 Å². The number of carbonyl (C=O) groups excluding carboxylic acids is 1. The van der Waals surface area contributed by atoms with Gasteiger partial charge in [-0.25, -0.2) is 9.37 Å². The summed E-state index contributed by atoms with van der Waals surface area (Å²) in [6.45, 7) is 5.90. The number of halogens is 2. The molecule has 1 amide bonds. The fraction of sp³-hybridized carbons (Fsp3) is 0.421. The number of hydrogen-bond donors (Lipinski definition) is 1. The third-order valence-corrected chi connectivity index (χ3v) is 5.12. The van der Waals surface area contributed by atoms with Crippen LogP contribution in [0.2, 0.25) is 5.02 Å². The standard InChI is InChI=1S/C19H22ClFN4O2/c1-12-15(19(27)23-13(2)22-12)4-6-18(26)25-9-7-24(8-10-25)17-5-3-14(21)11-16(17)20/h3,5,11H,4,6-10H2,1-2H3,(H,22,23,27). The summed E-state index contributed by atoms with van der Waals surface area (Å²) in [5, 5.41) is 0.372. The Labute approximate surface area is 162 Å². The Morgan fingerprint density at radius 2 is 1.96 bits per heavy atom. The topological polar surface area (TPSA) is 69.3 Å². The molecule has 2 aromatic rings. The van der Waals surface area contributed by atoms with E-state index in [0.29, 0.717) is 54.7 Å². The van der Waals surface area contributed by atoms with Gasteiger partial charge in [-0.2, -0.15) is 0 Å². The highest BCUT2D eigenvalue weighted by molar-refractivity contribution is 6.33. The second kappa shape index (κ2) is 8.08. The maximum Gasteiger partial charge on any atom is 0.254 e. The molecule has 6 nitrogen and oxygen atoms in total. The Balaban J connectivity index is 1.57. The van der Waals surface area contributed by atoms with Crippen LogP contribution in [0.1, 0.15) is 23.5 Å². The molecule has 0 aliphatic carbocycles. The van der Waals surface area contributed by atoms with Gasteiger partial charge in [-0.15, -0.1) is 0 Å². The molecule has 0 saturated carbocycles. The van der Waals surface area contributed by atoms with Crippen LogP contribution in [0.15, 0.2) is 23.0 Å². The van der Waals surface area contributed by atoms with E-state index in [-0.39, 0.29) is 23.7 Å². The molecule has 0 atom stereocenters. The summed E-state index contributed by atoms with van der Waals surface area (Å²) >= 11 is 6.12. The first-order chi connectivity index (χ1) is 12.8. The van der Waals surface area contributed by atoms with Crippen LogP contribution in [0.25, 0.3) is 0 Å². The van der Waals surface area contributed by atoms with Crippen LogP contribution < -0.4 is 10.5 Å². The zero-order valence-electron chi connectivity index (χ0n) is 15.4. The molecule has 0 spiro atoms. The lowest BCUT2D eigenvalue weighted by molar-refractivity contribution is -0.131. The summed E-state index contributed by atoms with van der Waals surface area (Å²) in [4.78, 5) is 35.3. The highest BCUT2D eigenvalue weighted by atomic mass is 35.5. The number of piperazine rings is 1. The number of aromatic nitrogens is 2. The second-order valence-electron chi connectivity index (χ2n) is 6.68. The molecule has 1 N–H and O–H groups in total. The van der Waals surface area contributed by atoms with E-state index in [1.54, 1.807) is 24.8 Å². The summed E-state index contributed by atoms with van der Waals surface area (Å²) < 4.78 is 13.2. The first-order valence-corrected chi connectivity index (χ1v) is 9.27. The molecule has 3 rings (SSSR count). The SMILES string of the molecule is Cc1nc(C)c(CCC(=O)N2CCN(c3ccc(F)cc3Cl)CC2)c(=O)[nH]1. The number of aryl methyl sites for hydroxylation is 2. The Morgan fingerprint density at radius 3 is 2.59 bits per heavy atom. The number of carbonyl (C=O) groups is 1. The van der Waals surface area contributed by atoms with Crippen LogP contribution in [-0.4, -0.2) is 47.0 Å². The van der Waals surface area contributed by atoms with Gasteiger partial charge >= 0.3 is 0 Å². The fourth-order valence-electron chi connectivity index (χ4n) is 3.37. The zero-order valence-corrected chi connectivity index (χ0v) is 16.1. The number of amides is 1. The molecule has 0 bridgehead atoms. The number of hydrogen-bond acceptors (Lipinski definition) is 4. The van der Waals surface area contributed by atoms with Crippen molar-refractivity contribution in [2.75, 3.05) is 31.1 Å². The van der Waals surface area contributed by atoms with E-state index in [4.69, 9.17) is 11.6 Å². The molecule has 1 aliphatic heterocycles. The van der Waals surface area contributed by atoms with E-state index >= 15 is 0 Å². The lowest BCUT2D eigenvalue weighted by Gasteiger charge is -2.36. The van der Waals surface area contributed by atoms with E-state index in [2.05, 4.69) is 9.97 Å². The third-order valence-electron chi connectivity index (χ3n) is 4.81. The lowest BCUT2D eigenvalue weighted by Crippen LogP contribution is -2.49. The Bertz CT molecular complexity index is 907. The van der Waals surface area contributed by atoms with Crippen LogP contribution in [0, 0.1) is 19.7 Å². The molecule has 1 aliphatic rings. The highest BCUT2D eigenvalue weighted by Crippen LogP contribution is 2.27. The van der Waals surface area contributed by atoms with E-state index in [1.165, 1.54) is 12.1 Å². The van der Waals surface area contributed by atoms with Crippen molar-refractivity contribution in [2.45, 2.75) is 26.7 Å². The van der Waals surface area contributed by atoms with Crippen LogP contribution in [0.5, 0.6) is 0 Å². The predicted octanol–water partition coefficient (Wildman–Crippen LogP) is 2.46. The van der Waals surface area contributed by atoms with E-state index < -0.39 is 0 Å². The van der Waals surface area contributed by atoms with Gasteiger partial charge in [-0.3, -0.25) is 9.59 Å². The molecule has 2 heterocycles. The molecule has 0 unspecified atom stereocenters. The molecule has 8 heteroatoms. The van der Waals surface area contributed by atoms with Crippen molar-refractivity contribution in [1.29, 1.82) is 0 Å². The molecule has 1 saturated heterocycles.